The van der Waals surface area contributed by atoms with Crippen molar-refractivity contribution in [2.45, 2.75) is 64.6 Å². The van der Waals surface area contributed by atoms with Gasteiger partial charge in [-0.15, -0.1) is 0 Å². The minimum Gasteiger partial charge on any atom is -0.389 e. The molecule has 4 heteroatoms. The maximum atomic E-state index is 9.68. The number of hydrogen-bond donors (Lipinski definition) is 2. The fourth-order valence-electron chi connectivity index (χ4n) is 1.80. The van der Waals surface area contributed by atoms with Crippen LogP contribution in [0.2, 0.25) is 0 Å². The van der Waals surface area contributed by atoms with Gasteiger partial charge in [-0.3, -0.25) is 0 Å². The number of rotatable bonds is 14. The van der Waals surface area contributed by atoms with Crippen LogP contribution in [0.25, 0.3) is 0 Å². The van der Waals surface area contributed by atoms with Gasteiger partial charge in [-0.2, -0.15) is 0 Å². The van der Waals surface area contributed by atoms with Gasteiger partial charge in [0.15, 0.2) is 0 Å². The molecule has 0 aromatic rings. The number of aliphatic hydroxyl groups is 1. The molecule has 0 aromatic carbocycles. The maximum absolute atomic E-state index is 9.68. The summed E-state index contributed by atoms with van der Waals surface area (Å²) in [6, 6.07) is 0. The Morgan fingerprint density at radius 3 is 2.42 bits per heavy atom. The number of unbranched alkanes of at least 4 members (excludes halogenated alkanes) is 5. The van der Waals surface area contributed by atoms with Crippen LogP contribution in [0.1, 0.15) is 52.4 Å². The molecule has 2 N–H and O–H groups in total. The molecule has 0 aliphatic heterocycles. The minimum absolute atomic E-state index is 0.177. The summed E-state index contributed by atoms with van der Waals surface area (Å²) in [6.07, 6.45) is 7.35. The van der Waals surface area contributed by atoms with Crippen molar-refractivity contribution in [3.63, 3.8) is 0 Å². The third kappa shape index (κ3) is 14.1. The number of nitrogens with one attached hydrogen (secondary N) is 1. The number of hydrogen-bond acceptors (Lipinski definition) is 4. The number of aliphatic hydroxyl groups excluding tert-OH is 1. The zero-order chi connectivity index (χ0) is 14.3. The summed E-state index contributed by atoms with van der Waals surface area (Å²) in [4.78, 5) is 0. The molecule has 0 aromatic heterocycles. The first-order valence-electron chi connectivity index (χ1n) is 7.70. The Labute approximate surface area is 118 Å². The molecular weight excluding hydrogens is 242 g/mol. The smallest absolute Gasteiger partial charge is 0.0897 e. The van der Waals surface area contributed by atoms with Crippen molar-refractivity contribution in [2.75, 3.05) is 33.4 Å². The Balaban J connectivity index is 3.18. The van der Waals surface area contributed by atoms with Gasteiger partial charge in [0, 0.05) is 26.8 Å². The van der Waals surface area contributed by atoms with Crippen LogP contribution < -0.4 is 5.32 Å². The van der Waals surface area contributed by atoms with Crippen molar-refractivity contribution in [1.82, 2.24) is 5.32 Å². The van der Waals surface area contributed by atoms with E-state index in [0.29, 0.717) is 13.2 Å². The molecule has 0 aliphatic carbocycles. The van der Waals surface area contributed by atoms with E-state index in [-0.39, 0.29) is 6.10 Å². The van der Waals surface area contributed by atoms with E-state index in [0.717, 1.165) is 19.6 Å². The van der Waals surface area contributed by atoms with Gasteiger partial charge in [0.1, 0.15) is 0 Å². The molecule has 0 rings (SSSR count). The first-order valence-corrected chi connectivity index (χ1v) is 7.70. The molecule has 0 radical (unpaired) electrons. The van der Waals surface area contributed by atoms with Crippen LogP contribution in [-0.4, -0.2) is 50.7 Å². The van der Waals surface area contributed by atoms with Crippen LogP contribution >= 0.6 is 0 Å². The predicted molar refractivity (Wildman–Crippen MR) is 79.5 cm³/mol. The molecule has 0 bridgehead atoms. The SMILES string of the molecule is CCCCCCCCOCC(O)CNCC(C)OC. The Hall–Kier alpha value is -0.160. The highest BCUT2D eigenvalue weighted by Crippen LogP contribution is 2.04. The predicted octanol–water partition coefficient (Wildman–Crippen LogP) is 2.35. The molecule has 0 saturated heterocycles. The summed E-state index contributed by atoms with van der Waals surface area (Å²) in [5.41, 5.74) is 0. The topological polar surface area (TPSA) is 50.7 Å². The zero-order valence-electron chi connectivity index (χ0n) is 13.0. The maximum Gasteiger partial charge on any atom is 0.0897 e. The summed E-state index contributed by atoms with van der Waals surface area (Å²) in [5, 5.41) is 12.8. The molecule has 0 aliphatic rings. The summed E-state index contributed by atoms with van der Waals surface area (Å²) in [7, 11) is 1.69. The monoisotopic (exact) mass is 275 g/mol. The second-order valence-electron chi connectivity index (χ2n) is 5.20. The molecule has 2 unspecified atom stereocenters. The number of ether oxygens (including phenoxy) is 2. The van der Waals surface area contributed by atoms with Crippen molar-refractivity contribution in [3.8, 4) is 0 Å². The van der Waals surface area contributed by atoms with E-state index in [9.17, 15) is 5.11 Å². The quantitative estimate of drug-likeness (QED) is 0.478. The Kier molecular flexibility index (Phi) is 14.1. The fourth-order valence-corrected chi connectivity index (χ4v) is 1.80. The van der Waals surface area contributed by atoms with Gasteiger partial charge < -0.3 is 19.9 Å². The largest absolute Gasteiger partial charge is 0.389 e. The average molecular weight is 275 g/mol. The molecule has 0 amide bonds. The van der Waals surface area contributed by atoms with Crippen LogP contribution in [0, 0.1) is 0 Å². The van der Waals surface area contributed by atoms with E-state index < -0.39 is 6.10 Å². The van der Waals surface area contributed by atoms with E-state index in [1.54, 1.807) is 7.11 Å². The van der Waals surface area contributed by atoms with E-state index in [4.69, 9.17) is 9.47 Å². The van der Waals surface area contributed by atoms with Crippen LogP contribution in [-0.2, 0) is 9.47 Å². The first-order chi connectivity index (χ1) is 9.20. The lowest BCUT2D eigenvalue weighted by Gasteiger charge is -2.14. The van der Waals surface area contributed by atoms with Crippen LogP contribution in [0.15, 0.2) is 0 Å². The second-order valence-corrected chi connectivity index (χ2v) is 5.20. The minimum atomic E-state index is -0.427. The molecule has 0 heterocycles. The van der Waals surface area contributed by atoms with Crippen LogP contribution in [0.4, 0.5) is 0 Å². The average Bonchev–Trinajstić information content (AvgIpc) is 2.41. The van der Waals surface area contributed by atoms with Gasteiger partial charge in [0.2, 0.25) is 0 Å². The normalized spacial score (nSPS) is 14.5. The van der Waals surface area contributed by atoms with Crippen molar-refractivity contribution < 1.29 is 14.6 Å². The van der Waals surface area contributed by atoms with Crippen molar-refractivity contribution in [3.05, 3.63) is 0 Å². The van der Waals surface area contributed by atoms with Crippen molar-refractivity contribution in [1.29, 1.82) is 0 Å². The molecular formula is C15H33NO3. The molecule has 0 spiro atoms. The van der Waals surface area contributed by atoms with E-state index >= 15 is 0 Å². The Morgan fingerprint density at radius 1 is 1.05 bits per heavy atom. The third-order valence-corrected chi connectivity index (χ3v) is 3.17. The lowest BCUT2D eigenvalue weighted by molar-refractivity contribution is 0.0329. The van der Waals surface area contributed by atoms with Crippen molar-refractivity contribution >= 4 is 0 Å². The lowest BCUT2D eigenvalue weighted by atomic mass is 10.1. The lowest BCUT2D eigenvalue weighted by Crippen LogP contribution is -2.35. The highest BCUT2D eigenvalue weighted by molar-refractivity contribution is 4.61. The van der Waals surface area contributed by atoms with Gasteiger partial charge >= 0.3 is 0 Å². The highest BCUT2D eigenvalue weighted by Gasteiger charge is 2.05. The van der Waals surface area contributed by atoms with E-state index in [1.165, 1.54) is 32.1 Å². The van der Waals surface area contributed by atoms with Gasteiger partial charge in [-0.25, -0.2) is 0 Å². The zero-order valence-corrected chi connectivity index (χ0v) is 13.0. The molecule has 19 heavy (non-hydrogen) atoms. The number of methoxy groups -OCH3 is 1. The van der Waals surface area contributed by atoms with E-state index in [2.05, 4.69) is 12.2 Å². The fraction of sp³-hybridized carbons (Fsp3) is 1.00. The van der Waals surface area contributed by atoms with Gasteiger partial charge in [-0.1, -0.05) is 39.0 Å². The van der Waals surface area contributed by atoms with E-state index in [1.807, 2.05) is 6.92 Å². The molecule has 2 atom stereocenters. The highest BCUT2D eigenvalue weighted by atomic mass is 16.5. The summed E-state index contributed by atoms with van der Waals surface area (Å²) < 4.78 is 10.6. The summed E-state index contributed by atoms with van der Waals surface area (Å²) in [5.74, 6) is 0. The Bertz CT molecular complexity index is 179. The summed E-state index contributed by atoms with van der Waals surface area (Å²) in [6.45, 7) is 6.72. The van der Waals surface area contributed by atoms with Gasteiger partial charge in [0.05, 0.1) is 18.8 Å². The van der Waals surface area contributed by atoms with Gasteiger partial charge in [0.25, 0.3) is 0 Å². The molecule has 4 nitrogen and oxygen atoms in total. The Morgan fingerprint density at radius 2 is 1.74 bits per heavy atom. The second kappa shape index (κ2) is 14.3. The summed E-state index contributed by atoms with van der Waals surface area (Å²) >= 11 is 0. The molecule has 116 valence electrons. The first kappa shape index (κ1) is 18.8. The third-order valence-electron chi connectivity index (χ3n) is 3.17. The van der Waals surface area contributed by atoms with Crippen LogP contribution in [0.5, 0.6) is 0 Å². The van der Waals surface area contributed by atoms with Crippen molar-refractivity contribution in [2.24, 2.45) is 0 Å². The molecule has 0 saturated carbocycles. The van der Waals surface area contributed by atoms with Crippen LogP contribution in [0.3, 0.4) is 0 Å². The van der Waals surface area contributed by atoms with Gasteiger partial charge in [-0.05, 0) is 13.3 Å². The molecule has 0 fully saturated rings. The standard InChI is InChI=1S/C15H33NO3/c1-4-5-6-7-8-9-10-19-13-15(17)12-16-11-14(2)18-3/h14-17H,4-13H2,1-3H3.